The number of aryl methyl sites for hydroxylation is 1. The molecule has 0 spiro atoms. The van der Waals surface area contributed by atoms with Gasteiger partial charge < -0.3 is 9.47 Å². The van der Waals surface area contributed by atoms with E-state index >= 15 is 0 Å². The van der Waals surface area contributed by atoms with Gasteiger partial charge in [0.2, 0.25) is 5.91 Å². The van der Waals surface area contributed by atoms with Crippen LogP contribution >= 0.6 is 0 Å². The second-order valence-corrected chi connectivity index (χ2v) is 4.34. The van der Waals surface area contributed by atoms with Crippen LogP contribution in [0, 0.1) is 13.8 Å². The van der Waals surface area contributed by atoms with Crippen molar-refractivity contribution >= 4 is 17.8 Å². The third-order valence-corrected chi connectivity index (χ3v) is 2.79. The first-order chi connectivity index (χ1) is 9.93. The third kappa shape index (κ3) is 5.52. The van der Waals surface area contributed by atoms with Gasteiger partial charge in [-0.05, 0) is 31.0 Å². The molecule has 0 aliphatic carbocycles. The molecule has 1 aromatic carbocycles. The minimum atomic E-state index is -0.687. The molecule has 1 aromatic rings. The van der Waals surface area contributed by atoms with Crippen LogP contribution in [0.3, 0.4) is 0 Å². The molecular formula is C14H18N2O5. The summed E-state index contributed by atoms with van der Waals surface area (Å²) in [5, 5.41) is 0. The van der Waals surface area contributed by atoms with E-state index in [4.69, 9.17) is 4.74 Å². The van der Waals surface area contributed by atoms with E-state index in [-0.39, 0.29) is 6.61 Å². The molecule has 0 bridgehead atoms. The molecule has 21 heavy (non-hydrogen) atoms. The molecule has 0 saturated carbocycles. The van der Waals surface area contributed by atoms with Crippen LogP contribution in [-0.2, 0) is 19.1 Å². The van der Waals surface area contributed by atoms with Crippen LogP contribution in [0.5, 0.6) is 5.75 Å². The lowest BCUT2D eigenvalue weighted by molar-refractivity contribution is -0.144. The zero-order valence-electron chi connectivity index (χ0n) is 12.2. The number of hydrazine groups is 1. The van der Waals surface area contributed by atoms with Gasteiger partial charge >= 0.3 is 5.97 Å². The van der Waals surface area contributed by atoms with Crippen LogP contribution in [-0.4, -0.2) is 31.5 Å². The summed E-state index contributed by atoms with van der Waals surface area (Å²) < 4.78 is 9.68. The van der Waals surface area contributed by atoms with Gasteiger partial charge in [0, 0.05) is 0 Å². The molecule has 0 aliphatic heterocycles. The lowest BCUT2D eigenvalue weighted by Gasteiger charge is -2.11. The lowest BCUT2D eigenvalue weighted by atomic mass is 10.1. The van der Waals surface area contributed by atoms with Gasteiger partial charge in [-0.1, -0.05) is 12.1 Å². The molecule has 114 valence electrons. The van der Waals surface area contributed by atoms with E-state index in [0.717, 1.165) is 11.1 Å². The molecule has 0 aliphatic rings. The first-order valence-electron chi connectivity index (χ1n) is 6.27. The van der Waals surface area contributed by atoms with Gasteiger partial charge in [0.05, 0.1) is 7.11 Å². The third-order valence-electron chi connectivity index (χ3n) is 2.79. The summed E-state index contributed by atoms with van der Waals surface area (Å²) in [6, 6.07) is 5.52. The SMILES string of the molecule is COC(=O)CC(=O)NNC(=O)COc1cccc(C)c1C. The number of carbonyl (C=O) groups is 3. The Morgan fingerprint density at radius 3 is 2.43 bits per heavy atom. The number of amides is 2. The predicted octanol–water partition coefficient (Wildman–Crippen LogP) is 0.393. The highest BCUT2D eigenvalue weighted by Gasteiger charge is 2.11. The fourth-order valence-electron chi connectivity index (χ4n) is 1.45. The van der Waals surface area contributed by atoms with E-state index in [2.05, 4.69) is 15.6 Å². The Morgan fingerprint density at radius 1 is 1.10 bits per heavy atom. The van der Waals surface area contributed by atoms with Gasteiger partial charge in [0.25, 0.3) is 5.91 Å². The summed E-state index contributed by atoms with van der Waals surface area (Å²) in [6.45, 7) is 3.58. The Balaban J connectivity index is 2.36. The topological polar surface area (TPSA) is 93.7 Å². The molecule has 0 aromatic heterocycles. The number of ether oxygens (including phenoxy) is 2. The quantitative estimate of drug-likeness (QED) is 0.465. The first kappa shape index (κ1) is 16.5. The highest BCUT2D eigenvalue weighted by Crippen LogP contribution is 2.20. The van der Waals surface area contributed by atoms with Crippen molar-refractivity contribution in [3.05, 3.63) is 29.3 Å². The van der Waals surface area contributed by atoms with Gasteiger partial charge in [-0.2, -0.15) is 0 Å². The summed E-state index contributed by atoms with van der Waals surface area (Å²) >= 11 is 0. The average molecular weight is 294 g/mol. The summed E-state index contributed by atoms with van der Waals surface area (Å²) in [7, 11) is 1.17. The molecule has 1 rings (SSSR count). The monoisotopic (exact) mass is 294 g/mol. The Bertz CT molecular complexity index is 542. The fourth-order valence-corrected chi connectivity index (χ4v) is 1.45. The van der Waals surface area contributed by atoms with Crippen molar-refractivity contribution in [2.75, 3.05) is 13.7 Å². The minimum absolute atomic E-state index is 0.247. The molecule has 0 saturated heterocycles. The molecule has 7 heteroatoms. The molecule has 0 heterocycles. The summed E-state index contributed by atoms with van der Waals surface area (Å²) in [4.78, 5) is 33.6. The van der Waals surface area contributed by atoms with E-state index in [0.29, 0.717) is 5.75 Å². The van der Waals surface area contributed by atoms with Crippen molar-refractivity contribution < 1.29 is 23.9 Å². The minimum Gasteiger partial charge on any atom is -0.483 e. The van der Waals surface area contributed by atoms with Crippen LogP contribution in [0.1, 0.15) is 17.5 Å². The number of carbonyl (C=O) groups excluding carboxylic acids is 3. The highest BCUT2D eigenvalue weighted by atomic mass is 16.5. The molecule has 0 fully saturated rings. The molecule has 2 amide bonds. The summed E-state index contributed by atoms with van der Waals surface area (Å²) in [5.74, 6) is -1.28. The Labute approximate surface area is 122 Å². The number of rotatable bonds is 5. The molecule has 0 unspecified atom stereocenters. The zero-order chi connectivity index (χ0) is 15.8. The number of esters is 1. The van der Waals surface area contributed by atoms with Gasteiger partial charge in [-0.3, -0.25) is 25.2 Å². The van der Waals surface area contributed by atoms with Crippen molar-refractivity contribution in [3.63, 3.8) is 0 Å². The number of nitrogens with one attached hydrogen (secondary N) is 2. The van der Waals surface area contributed by atoms with Crippen LogP contribution in [0.25, 0.3) is 0 Å². The second-order valence-electron chi connectivity index (χ2n) is 4.34. The number of hydrogen-bond acceptors (Lipinski definition) is 5. The highest BCUT2D eigenvalue weighted by molar-refractivity contribution is 5.95. The van der Waals surface area contributed by atoms with Gasteiger partial charge in [-0.25, -0.2) is 0 Å². The van der Waals surface area contributed by atoms with E-state index in [9.17, 15) is 14.4 Å². The smallest absolute Gasteiger partial charge is 0.315 e. The predicted molar refractivity (Wildman–Crippen MR) is 74.3 cm³/mol. The zero-order valence-corrected chi connectivity index (χ0v) is 12.2. The van der Waals surface area contributed by atoms with Crippen LogP contribution < -0.4 is 15.6 Å². The van der Waals surface area contributed by atoms with E-state index in [1.807, 2.05) is 26.0 Å². The first-order valence-corrected chi connectivity index (χ1v) is 6.27. The van der Waals surface area contributed by atoms with Crippen molar-refractivity contribution in [3.8, 4) is 5.75 Å². The van der Waals surface area contributed by atoms with Crippen LogP contribution in [0.15, 0.2) is 18.2 Å². The number of benzene rings is 1. The Hall–Kier alpha value is -2.57. The van der Waals surface area contributed by atoms with Crippen molar-refractivity contribution in [2.45, 2.75) is 20.3 Å². The second kappa shape index (κ2) is 7.88. The number of hydrogen-bond donors (Lipinski definition) is 2. The molecule has 2 N–H and O–H groups in total. The summed E-state index contributed by atoms with van der Waals surface area (Å²) in [6.07, 6.45) is -0.464. The maximum atomic E-state index is 11.5. The van der Waals surface area contributed by atoms with Crippen molar-refractivity contribution in [1.29, 1.82) is 0 Å². The maximum absolute atomic E-state index is 11.5. The van der Waals surface area contributed by atoms with Crippen molar-refractivity contribution in [2.24, 2.45) is 0 Å². The Kier molecular flexibility index (Phi) is 6.19. The maximum Gasteiger partial charge on any atom is 0.315 e. The van der Waals surface area contributed by atoms with Crippen LogP contribution in [0.4, 0.5) is 0 Å². The van der Waals surface area contributed by atoms with Crippen molar-refractivity contribution in [1.82, 2.24) is 10.9 Å². The molecule has 0 radical (unpaired) electrons. The largest absolute Gasteiger partial charge is 0.483 e. The van der Waals surface area contributed by atoms with E-state index in [1.54, 1.807) is 6.07 Å². The van der Waals surface area contributed by atoms with E-state index in [1.165, 1.54) is 7.11 Å². The molecular weight excluding hydrogens is 276 g/mol. The van der Waals surface area contributed by atoms with Gasteiger partial charge in [0.1, 0.15) is 12.2 Å². The Morgan fingerprint density at radius 2 is 1.76 bits per heavy atom. The molecule has 7 nitrogen and oxygen atoms in total. The standard InChI is InChI=1S/C14H18N2O5/c1-9-5-4-6-11(10(9)2)21-8-13(18)16-15-12(17)7-14(19)20-3/h4-6H,7-8H2,1-3H3,(H,15,17)(H,16,18). The summed E-state index contributed by atoms with van der Waals surface area (Å²) in [5.41, 5.74) is 6.23. The lowest BCUT2D eigenvalue weighted by Crippen LogP contribution is -2.44. The number of methoxy groups -OCH3 is 1. The van der Waals surface area contributed by atoms with Gasteiger partial charge in [-0.15, -0.1) is 0 Å². The average Bonchev–Trinajstić information content (AvgIpc) is 2.46. The van der Waals surface area contributed by atoms with E-state index < -0.39 is 24.2 Å². The normalized spacial score (nSPS) is 9.67. The fraction of sp³-hybridized carbons (Fsp3) is 0.357. The molecule has 0 atom stereocenters. The van der Waals surface area contributed by atoms with Crippen LogP contribution in [0.2, 0.25) is 0 Å². The van der Waals surface area contributed by atoms with Gasteiger partial charge in [0.15, 0.2) is 6.61 Å².